The molecule has 18 heavy (non-hydrogen) atoms. The number of nitrogens with zero attached hydrogens (tertiary/aromatic N) is 1. The van der Waals surface area contributed by atoms with Crippen molar-refractivity contribution in [3.05, 3.63) is 35.1 Å². The highest BCUT2D eigenvalue weighted by molar-refractivity contribution is 5.94. The molecule has 1 heterocycles. The van der Waals surface area contributed by atoms with Gasteiger partial charge in [0.1, 0.15) is 0 Å². The summed E-state index contributed by atoms with van der Waals surface area (Å²) in [5.74, 6) is -4.93. The molecule has 1 aliphatic heterocycles. The molecule has 1 amide bonds. The third-order valence-electron chi connectivity index (χ3n) is 3.15. The molecule has 1 unspecified atom stereocenters. The Labute approximate surface area is 103 Å². The van der Waals surface area contributed by atoms with E-state index in [1.165, 1.54) is 4.90 Å². The predicted molar refractivity (Wildman–Crippen MR) is 59.7 cm³/mol. The maximum absolute atomic E-state index is 13.5. The topological polar surface area (TPSA) is 32.3 Å². The second-order valence-electron chi connectivity index (χ2n) is 4.25. The van der Waals surface area contributed by atoms with Gasteiger partial charge in [-0.3, -0.25) is 4.79 Å². The van der Waals surface area contributed by atoms with Crippen molar-refractivity contribution in [1.82, 2.24) is 10.2 Å². The summed E-state index contributed by atoms with van der Waals surface area (Å²) >= 11 is 0. The fourth-order valence-corrected chi connectivity index (χ4v) is 2.04. The molecule has 98 valence electrons. The van der Waals surface area contributed by atoms with Gasteiger partial charge in [-0.15, -0.1) is 0 Å². The number of halogens is 3. The van der Waals surface area contributed by atoms with Crippen LogP contribution in [0.25, 0.3) is 0 Å². The fourth-order valence-electron chi connectivity index (χ4n) is 2.04. The molecule has 1 aromatic carbocycles. The average molecular weight is 258 g/mol. The molecule has 0 saturated carbocycles. The summed E-state index contributed by atoms with van der Waals surface area (Å²) in [5.41, 5.74) is -0.425. The van der Waals surface area contributed by atoms with Crippen molar-refractivity contribution in [2.75, 3.05) is 20.1 Å². The molecule has 1 atom stereocenters. The molecule has 0 radical (unpaired) electrons. The van der Waals surface area contributed by atoms with Crippen LogP contribution >= 0.6 is 0 Å². The Morgan fingerprint density at radius 3 is 2.67 bits per heavy atom. The third-order valence-corrected chi connectivity index (χ3v) is 3.15. The molecule has 2 rings (SSSR count). The van der Waals surface area contributed by atoms with Crippen LogP contribution in [-0.2, 0) is 0 Å². The molecule has 0 aromatic heterocycles. The number of carbonyl (C=O) groups is 1. The summed E-state index contributed by atoms with van der Waals surface area (Å²) in [6, 6.07) is 1.89. The summed E-state index contributed by atoms with van der Waals surface area (Å²) < 4.78 is 39.3. The fraction of sp³-hybridized carbons (Fsp3) is 0.417. The van der Waals surface area contributed by atoms with Gasteiger partial charge in [0, 0.05) is 19.1 Å². The number of rotatable bonds is 2. The molecule has 0 spiro atoms. The van der Waals surface area contributed by atoms with Crippen molar-refractivity contribution in [3.63, 3.8) is 0 Å². The number of amides is 1. The number of benzene rings is 1. The van der Waals surface area contributed by atoms with Crippen LogP contribution in [0.5, 0.6) is 0 Å². The van der Waals surface area contributed by atoms with Gasteiger partial charge in [0.25, 0.3) is 5.91 Å². The lowest BCUT2D eigenvalue weighted by molar-refractivity contribution is 0.0783. The van der Waals surface area contributed by atoms with E-state index in [0.717, 1.165) is 18.6 Å². The van der Waals surface area contributed by atoms with Crippen LogP contribution in [0.15, 0.2) is 12.1 Å². The summed E-state index contributed by atoms with van der Waals surface area (Å²) in [6.07, 6.45) is 0.757. The third kappa shape index (κ3) is 2.20. The molecule has 1 N–H and O–H groups in total. The summed E-state index contributed by atoms with van der Waals surface area (Å²) in [4.78, 5) is 13.4. The van der Waals surface area contributed by atoms with Crippen molar-refractivity contribution in [3.8, 4) is 0 Å². The van der Waals surface area contributed by atoms with Crippen LogP contribution in [0.1, 0.15) is 16.8 Å². The van der Waals surface area contributed by atoms with Crippen molar-refractivity contribution < 1.29 is 18.0 Å². The van der Waals surface area contributed by atoms with Gasteiger partial charge in [-0.25, -0.2) is 13.2 Å². The lowest BCUT2D eigenvalue weighted by Gasteiger charge is -2.17. The van der Waals surface area contributed by atoms with Crippen LogP contribution in [0, 0.1) is 17.5 Å². The van der Waals surface area contributed by atoms with Gasteiger partial charge in [-0.05, 0) is 25.6 Å². The molecule has 1 aromatic rings. The number of likely N-dealkylation sites (N-methyl/N-ethyl adjacent to an activating group) is 1. The van der Waals surface area contributed by atoms with Gasteiger partial charge in [-0.1, -0.05) is 0 Å². The highest BCUT2D eigenvalue weighted by Crippen LogP contribution is 2.19. The second-order valence-corrected chi connectivity index (χ2v) is 4.25. The summed E-state index contributed by atoms with van der Waals surface area (Å²) in [7, 11) is 1.77. The number of hydrogen-bond acceptors (Lipinski definition) is 2. The number of hydrogen-bond donors (Lipinski definition) is 1. The van der Waals surface area contributed by atoms with Gasteiger partial charge in [0.15, 0.2) is 17.5 Å². The van der Waals surface area contributed by atoms with Crippen LogP contribution in [0.3, 0.4) is 0 Å². The van der Waals surface area contributed by atoms with Gasteiger partial charge in [-0.2, -0.15) is 0 Å². The minimum atomic E-state index is -1.61. The summed E-state index contributed by atoms with van der Waals surface area (Å²) in [5, 5.41) is 3.01. The highest BCUT2D eigenvalue weighted by Gasteiger charge is 2.28. The van der Waals surface area contributed by atoms with Gasteiger partial charge < -0.3 is 10.2 Å². The quantitative estimate of drug-likeness (QED) is 0.816. The Balaban J connectivity index is 2.22. The Morgan fingerprint density at radius 1 is 1.33 bits per heavy atom. The van der Waals surface area contributed by atoms with Crippen molar-refractivity contribution >= 4 is 5.91 Å². The van der Waals surface area contributed by atoms with E-state index in [1.807, 2.05) is 0 Å². The Kier molecular flexibility index (Phi) is 3.56. The maximum Gasteiger partial charge on any atom is 0.256 e. The molecule has 1 fully saturated rings. The molecular weight excluding hydrogens is 245 g/mol. The molecule has 0 bridgehead atoms. The maximum atomic E-state index is 13.5. The lowest BCUT2D eigenvalue weighted by Crippen LogP contribution is -2.34. The van der Waals surface area contributed by atoms with E-state index >= 15 is 0 Å². The van der Waals surface area contributed by atoms with Crippen LogP contribution in [-0.4, -0.2) is 37.0 Å². The number of likely N-dealkylation sites (tertiary alicyclic amines) is 1. The minimum Gasteiger partial charge on any atom is -0.337 e. The van der Waals surface area contributed by atoms with E-state index in [-0.39, 0.29) is 6.04 Å². The molecule has 1 saturated heterocycles. The van der Waals surface area contributed by atoms with Gasteiger partial charge in [0.05, 0.1) is 5.56 Å². The second kappa shape index (κ2) is 4.97. The first-order valence-corrected chi connectivity index (χ1v) is 5.64. The van der Waals surface area contributed by atoms with Crippen LogP contribution < -0.4 is 5.32 Å². The zero-order chi connectivity index (χ0) is 13.3. The van der Waals surface area contributed by atoms with Gasteiger partial charge >= 0.3 is 0 Å². The largest absolute Gasteiger partial charge is 0.337 e. The van der Waals surface area contributed by atoms with E-state index in [1.54, 1.807) is 7.05 Å². The van der Waals surface area contributed by atoms with E-state index < -0.39 is 28.9 Å². The standard InChI is InChI=1S/C12H13F3N2O/c1-16-7-4-5-17(6-7)12(18)8-2-3-9(13)11(15)10(8)14/h2-3,7,16H,4-6H2,1H3. The lowest BCUT2D eigenvalue weighted by atomic mass is 10.1. The molecular formula is C12H13F3N2O. The monoisotopic (exact) mass is 258 g/mol. The van der Waals surface area contributed by atoms with E-state index in [0.29, 0.717) is 13.1 Å². The van der Waals surface area contributed by atoms with Crippen molar-refractivity contribution in [2.24, 2.45) is 0 Å². The Morgan fingerprint density at radius 2 is 2.06 bits per heavy atom. The minimum absolute atomic E-state index is 0.155. The predicted octanol–water partition coefficient (Wildman–Crippen LogP) is 1.54. The SMILES string of the molecule is CNC1CCN(C(=O)c2ccc(F)c(F)c2F)C1. The first kappa shape index (κ1) is 12.9. The van der Waals surface area contributed by atoms with Crippen LogP contribution in [0.2, 0.25) is 0 Å². The first-order chi connectivity index (χ1) is 8.54. The van der Waals surface area contributed by atoms with Gasteiger partial charge in [0.2, 0.25) is 0 Å². The smallest absolute Gasteiger partial charge is 0.256 e. The number of nitrogens with one attached hydrogen (secondary N) is 1. The first-order valence-electron chi connectivity index (χ1n) is 5.64. The highest BCUT2D eigenvalue weighted by atomic mass is 19.2. The molecule has 6 heteroatoms. The van der Waals surface area contributed by atoms with Crippen LogP contribution in [0.4, 0.5) is 13.2 Å². The van der Waals surface area contributed by atoms with E-state index in [4.69, 9.17) is 0 Å². The molecule has 3 nitrogen and oxygen atoms in total. The zero-order valence-corrected chi connectivity index (χ0v) is 9.84. The van der Waals surface area contributed by atoms with Crippen molar-refractivity contribution in [1.29, 1.82) is 0 Å². The number of carbonyl (C=O) groups excluding carboxylic acids is 1. The zero-order valence-electron chi connectivity index (χ0n) is 9.84. The molecule has 1 aliphatic rings. The normalized spacial score (nSPS) is 19.3. The Bertz CT molecular complexity index is 479. The van der Waals surface area contributed by atoms with Crippen molar-refractivity contribution in [2.45, 2.75) is 12.5 Å². The van der Waals surface area contributed by atoms with E-state index in [9.17, 15) is 18.0 Å². The molecule has 0 aliphatic carbocycles. The van der Waals surface area contributed by atoms with E-state index in [2.05, 4.69) is 5.32 Å². The average Bonchev–Trinajstić information content (AvgIpc) is 2.84. The summed E-state index contributed by atoms with van der Waals surface area (Å²) in [6.45, 7) is 0.913. The Hall–Kier alpha value is -1.56.